The Kier molecular flexibility index (Phi) is 5.30. The molecule has 0 saturated heterocycles. The fourth-order valence-electron chi connectivity index (χ4n) is 2.44. The predicted octanol–water partition coefficient (Wildman–Crippen LogP) is 2.74. The lowest BCUT2D eigenvalue weighted by Crippen LogP contribution is -2.26. The smallest absolute Gasteiger partial charge is 0.0968 e. The topological polar surface area (TPSA) is 47.6 Å². The normalized spacial score (nSPS) is 22.9. The van der Waals surface area contributed by atoms with Crippen LogP contribution in [0.25, 0.3) is 0 Å². The standard InChI is InChI=1S/C14H26N2O/c15-14(13-5-2-1-3-6-13)16-9-4-10-17-11-12-7-8-12/h12-13H,1-11H2,(H2,15,16). The number of nitrogens with two attached hydrogens (primary N) is 1. The first-order valence-corrected chi connectivity index (χ1v) is 7.24. The highest BCUT2D eigenvalue weighted by Gasteiger charge is 2.20. The molecular formula is C14H26N2O. The van der Waals surface area contributed by atoms with Gasteiger partial charge in [0.15, 0.2) is 0 Å². The summed E-state index contributed by atoms with van der Waals surface area (Å²) < 4.78 is 5.57. The number of hydrogen-bond donors (Lipinski definition) is 1. The monoisotopic (exact) mass is 238 g/mol. The lowest BCUT2D eigenvalue weighted by Gasteiger charge is -2.20. The molecule has 2 N–H and O–H groups in total. The first kappa shape index (κ1) is 12.9. The molecule has 0 amide bonds. The molecule has 2 rings (SSSR count). The van der Waals surface area contributed by atoms with E-state index in [1.54, 1.807) is 0 Å². The van der Waals surface area contributed by atoms with Gasteiger partial charge in [-0.15, -0.1) is 0 Å². The molecule has 0 atom stereocenters. The zero-order valence-corrected chi connectivity index (χ0v) is 10.9. The molecule has 98 valence electrons. The number of amidine groups is 1. The highest BCUT2D eigenvalue weighted by molar-refractivity contribution is 5.82. The van der Waals surface area contributed by atoms with Crippen LogP contribution in [0.15, 0.2) is 4.99 Å². The van der Waals surface area contributed by atoms with Gasteiger partial charge < -0.3 is 10.5 Å². The van der Waals surface area contributed by atoms with Crippen molar-refractivity contribution in [1.82, 2.24) is 0 Å². The molecule has 2 aliphatic carbocycles. The second kappa shape index (κ2) is 7.00. The molecule has 0 bridgehead atoms. The molecule has 2 fully saturated rings. The Morgan fingerprint density at radius 3 is 2.59 bits per heavy atom. The maximum absolute atomic E-state index is 6.03. The summed E-state index contributed by atoms with van der Waals surface area (Å²) >= 11 is 0. The van der Waals surface area contributed by atoms with Crippen LogP contribution in [0.2, 0.25) is 0 Å². The van der Waals surface area contributed by atoms with Crippen LogP contribution in [-0.4, -0.2) is 25.6 Å². The molecule has 0 aromatic rings. The molecule has 2 aliphatic rings. The van der Waals surface area contributed by atoms with E-state index in [1.165, 1.54) is 44.9 Å². The van der Waals surface area contributed by atoms with E-state index in [0.717, 1.165) is 37.9 Å². The largest absolute Gasteiger partial charge is 0.387 e. The van der Waals surface area contributed by atoms with Crippen LogP contribution < -0.4 is 5.73 Å². The second-order valence-electron chi connectivity index (χ2n) is 5.51. The zero-order valence-electron chi connectivity index (χ0n) is 10.9. The zero-order chi connectivity index (χ0) is 11.9. The van der Waals surface area contributed by atoms with Gasteiger partial charge in [-0.05, 0) is 38.0 Å². The lowest BCUT2D eigenvalue weighted by molar-refractivity contribution is 0.123. The molecular weight excluding hydrogens is 212 g/mol. The van der Waals surface area contributed by atoms with E-state index in [1.807, 2.05) is 0 Å². The van der Waals surface area contributed by atoms with Crippen molar-refractivity contribution < 1.29 is 4.74 Å². The van der Waals surface area contributed by atoms with E-state index in [2.05, 4.69) is 4.99 Å². The first-order valence-electron chi connectivity index (χ1n) is 7.24. The molecule has 3 nitrogen and oxygen atoms in total. The minimum Gasteiger partial charge on any atom is -0.387 e. The Morgan fingerprint density at radius 2 is 1.88 bits per heavy atom. The number of rotatable bonds is 7. The number of ether oxygens (including phenoxy) is 1. The van der Waals surface area contributed by atoms with Crippen molar-refractivity contribution >= 4 is 5.84 Å². The third kappa shape index (κ3) is 5.07. The van der Waals surface area contributed by atoms with Crippen molar-refractivity contribution in [1.29, 1.82) is 0 Å². The summed E-state index contributed by atoms with van der Waals surface area (Å²) in [7, 11) is 0. The molecule has 17 heavy (non-hydrogen) atoms. The third-order valence-corrected chi connectivity index (χ3v) is 3.82. The molecule has 0 unspecified atom stereocenters. The van der Waals surface area contributed by atoms with Crippen LogP contribution in [0.5, 0.6) is 0 Å². The highest BCUT2D eigenvalue weighted by Crippen LogP contribution is 2.28. The van der Waals surface area contributed by atoms with Crippen LogP contribution in [0.1, 0.15) is 51.4 Å². The molecule has 0 aromatic heterocycles. The maximum atomic E-state index is 6.03. The first-order chi connectivity index (χ1) is 8.36. The maximum Gasteiger partial charge on any atom is 0.0968 e. The van der Waals surface area contributed by atoms with Crippen molar-refractivity contribution in [3.63, 3.8) is 0 Å². The van der Waals surface area contributed by atoms with Crippen LogP contribution in [0.3, 0.4) is 0 Å². The van der Waals surface area contributed by atoms with Gasteiger partial charge in [-0.3, -0.25) is 4.99 Å². The van der Waals surface area contributed by atoms with Crippen molar-refractivity contribution in [3.05, 3.63) is 0 Å². The summed E-state index contributed by atoms with van der Waals surface area (Å²) in [6.45, 7) is 2.65. The Hall–Kier alpha value is -0.570. The molecule has 0 aliphatic heterocycles. The van der Waals surface area contributed by atoms with Gasteiger partial charge in [0.05, 0.1) is 5.84 Å². The van der Waals surface area contributed by atoms with Crippen molar-refractivity contribution in [2.24, 2.45) is 22.6 Å². The Labute approximate surface area is 105 Å². The fourth-order valence-corrected chi connectivity index (χ4v) is 2.44. The van der Waals surface area contributed by atoms with Crippen LogP contribution in [0, 0.1) is 11.8 Å². The molecule has 0 radical (unpaired) electrons. The number of hydrogen-bond acceptors (Lipinski definition) is 2. The molecule has 3 heteroatoms. The van der Waals surface area contributed by atoms with Gasteiger partial charge in [-0.1, -0.05) is 19.3 Å². The van der Waals surface area contributed by atoms with Gasteiger partial charge in [-0.2, -0.15) is 0 Å². The van der Waals surface area contributed by atoms with Gasteiger partial charge in [0.25, 0.3) is 0 Å². The van der Waals surface area contributed by atoms with E-state index in [-0.39, 0.29) is 0 Å². The highest BCUT2D eigenvalue weighted by atomic mass is 16.5. The van der Waals surface area contributed by atoms with Gasteiger partial charge in [0.1, 0.15) is 0 Å². The Morgan fingerprint density at radius 1 is 1.12 bits per heavy atom. The van der Waals surface area contributed by atoms with E-state index in [0.29, 0.717) is 5.92 Å². The summed E-state index contributed by atoms with van der Waals surface area (Å²) in [6, 6.07) is 0. The van der Waals surface area contributed by atoms with E-state index in [9.17, 15) is 0 Å². The Balaban J connectivity index is 1.51. The van der Waals surface area contributed by atoms with Crippen molar-refractivity contribution in [3.8, 4) is 0 Å². The molecule has 0 spiro atoms. The summed E-state index contributed by atoms with van der Waals surface area (Å²) in [5, 5.41) is 0. The van der Waals surface area contributed by atoms with Crippen molar-refractivity contribution in [2.75, 3.05) is 19.8 Å². The predicted molar refractivity (Wildman–Crippen MR) is 71.2 cm³/mol. The van der Waals surface area contributed by atoms with E-state index < -0.39 is 0 Å². The lowest BCUT2D eigenvalue weighted by atomic mass is 9.88. The van der Waals surface area contributed by atoms with E-state index >= 15 is 0 Å². The fraction of sp³-hybridized carbons (Fsp3) is 0.929. The van der Waals surface area contributed by atoms with E-state index in [4.69, 9.17) is 10.5 Å². The van der Waals surface area contributed by atoms with Gasteiger partial charge in [-0.25, -0.2) is 0 Å². The van der Waals surface area contributed by atoms with Gasteiger partial charge in [0.2, 0.25) is 0 Å². The number of aliphatic imine (C=N–C) groups is 1. The summed E-state index contributed by atoms with van der Waals surface area (Å²) in [5.41, 5.74) is 6.03. The second-order valence-corrected chi connectivity index (χ2v) is 5.51. The quantitative estimate of drug-likeness (QED) is 0.421. The molecule has 2 saturated carbocycles. The minimum absolute atomic E-state index is 0.566. The SMILES string of the molecule is NC(=NCCCOCC1CC1)C1CCCCC1. The number of nitrogens with zero attached hydrogens (tertiary/aromatic N) is 1. The average Bonchev–Trinajstić information content (AvgIpc) is 3.18. The molecule has 0 heterocycles. The minimum atomic E-state index is 0.566. The van der Waals surface area contributed by atoms with Gasteiger partial charge >= 0.3 is 0 Å². The van der Waals surface area contributed by atoms with Crippen molar-refractivity contribution in [2.45, 2.75) is 51.4 Å². The third-order valence-electron chi connectivity index (χ3n) is 3.82. The van der Waals surface area contributed by atoms with Crippen LogP contribution >= 0.6 is 0 Å². The van der Waals surface area contributed by atoms with Gasteiger partial charge in [0, 0.05) is 25.7 Å². The van der Waals surface area contributed by atoms with Crippen LogP contribution in [0.4, 0.5) is 0 Å². The summed E-state index contributed by atoms with van der Waals surface area (Å²) in [5.74, 6) is 2.33. The average molecular weight is 238 g/mol. The van der Waals surface area contributed by atoms with Crippen LogP contribution in [-0.2, 0) is 4.74 Å². The molecule has 0 aromatic carbocycles. The Bertz CT molecular complexity index is 243. The summed E-state index contributed by atoms with van der Waals surface area (Å²) in [4.78, 5) is 4.49. The summed E-state index contributed by atoms with van der Waals surface area (Å²) in [6.07, 6.45) is 10.3.